The van der Waals surface area contributed by atoms with Gasteiger partial charge in [-0.15, -0.1) is 6.58 Å². The van der Waals surface area contributed by atoms with Crippen LogP contribution in [0.3, 0.4) is 0 Å². The predicted molar refractivity (Wildman–Crippen MR) is 63.3 cm³/mol. The van der Waals surface area contributed by atoms with E-state index in [1.807, 2.05) is 33.8 Å². The summed E-state index contributed by atoms with van der Waals surface area (Å²) in [5, 5.41) is 0. The largest absolute Gasteiger partial charge is 0.298 e. The topological polar surface area (TPSA) is 17.1 Å². The van der Waals surface area contributed by atoms with Gasteiger partial charge < -0.3 is 0 Å². The highest BCUT2D eigenvalue weighted by Crippen LogP contribution is 2.14. The zero-order valence-electron chi connectivity index (χ0n) is 9.14. The van der Waals surface area contributed by atoms with Crippen LogP contribution in [0.25, 0.3) is 0 Å². The molecule has 0 rings (SSSR count). The normalized spacial score (nSPS) is 11.5. The average Bonchev–Trinajstić information content (AvgIpc) is 2.16. The molecule has 78 valence electrons. The lowest BCUT2D eigenvalue weighted by Gasteiger charge is -2.09. The third-order valence-electron chi connectivity index (χ3n) is 1.50. The van der Waals surface area contributed by atoms with Gasteiger partial charge in [-0.25, -0.2) is 0 Å². The maximum absolute atomic E-state index is 11.3. The van der Waals surface area contributed by atoms with E-state index in [4.69, 9.17) is 0 Å². The molecule has 13 heavy (non-hydrogen) atoms. The van der Waals surface area contributed by atoms with Crippen LogP contribution in [0.1, 0.15) is 40.5 Å². The van der Waals surface area contributed by atoms with Gasteiger partial charge in [0, 0.05) is 5.92 Å². The molecular weight excluding hydrogens is 228 g/mol. The molecule has 1 unspecified atom stereocenters. The van der Waals surface area contributed by atoms with Crippen LogP contribution in [0.4, 0.5) is 0 Å². The van der Waals surface area contributed by atoms with Gasteiger partial charge in [0.15, 0.2) is 0 Å². The van der Waals surface area contributed by atoms with Gasteiger partial charge in [-0.2, -0.15) is 0 Å². The Morgan fingerprint density at radius 3 is 2.23 bits per heavy atom. The number of alkyl halides is 1. The molecule has 0 spiro atoms. The molecule has 2 heteroatoms. The fraction of sp³-hybridized carbons (Fsp3) is 0.727. The second kappa shape index (κ2) is 9.97. The van der Waals surface area contributed by atoms with E-state index < -0.39 is 0 Å². The Hall–Kier alpha value is -0.110. The summed E-state index contributed by atoms with van der Waals surface area (Å²) < 4.78 is 0. The predicted octanol–water partition coefficient (Wildman–Crippen LogP) is 3.97. The molecule has 0 N–H and O–H groups in total. The van der Waals surface area contributed by atoms with Crippen LogP contribution in [0.5, 0.6) is 0 Å². The Labute approximate surface area is 90.7 Å². The van der Waals surface area contributed by atoms with Crippen molar-refractivity contribution in [2.75, 3.05) is 0 Å². The van der Waals surface area contributed by atoms with Crippen LogP contribution in [0.15, 0.2) is 12.7 Å². The molecule has 0 aromatic rings. The first-order valence-corrected chi connectivity index (χ1v) is 5.79. The van der Waals surface area contributed by atoms with Crippen molar-refractivity contribution >= 4 is 21.7 Å². The molecule has 0 aromatic heterocycles. The first-order valence-electron chi connectivity index (χ1n) is 4.88. The Balaban J connectivity index is 0. The van der Waals surface area contributed by atoms with Gasteiger partial charge in [-0.1, -0.05) is 49.7 Å². The number of rotatable bonds is 5. The van der Waals surface area contributed by atoms with Gasteiger partial charge in [0.2, 0.25) is 0 Å². The van der Waals surface area contributed by atoms with E-state index in [9.17, 15) is 4.79 Å². The van der Waals surface area contributed by atoms with Gasteiger partial charge in [0.25, 0.3) is 0 Å². The van der Waals surface area contributed by atoms with E-state index in [1.165, 1.54) is 0 Å². The first-order chi connectivity index (χ1) is 6.09. The molecule has 0 aliphatic heterocycles. The minimum Gasteiger partial charge on any atom is -0.298 e. The Bertz CT molecular complexity index is 141. The zero-order valence-corrected chi connectivity index (χ0v) is 10.7. The van der Waals surface area contributed by atoms with E-state index in [1.54, 1.807) is 0 Å². The monoisotopic (exact) mass is 248 g/mol. The summed E-state index contributed by atoms with van der Waals surface area (Å²) in [6, 6.07) is 0. The summed E-state index contributed by atoms with van der Waals surface area (Å²) in [6.45, 7) is 11.4. The minimum absolute atomic E-state index is 0.0144. The van der Waals surface area contributed by atoms with Crippen molar-refractivity contribution in [3.05, 3.63) is 12.7 Å². The molecule has 0 aliphatic rings. The summed E-state index contributed by atoms with van der Waals surface area (Å²) in [7, 11) is 0. The third-order valence-corrected chi connectivity index (χ3v) is 2.41. The Kier molecular flexibility index (Phi) is 11.8. The highest BCUT2D eigenvalue weighted by molar-refractivity contribution is 9.10. The second-order valence-corrected chi connectivity index (χ2v) is 4.00. The third kappa shape index (κ3) is 8.23. The lowest BCUT2D eigenvalue weighted by molar-refractivity contribution is -0.121. The number of Topliss-reactive ketones (excluding diaryl/α,β-unsaturated/α-hetero) is 1. The van der Waals surface area contributed by atoms with E-state index in [-0.39, 0.29) is 16.5 Å². The van der Waals surface area contributed by atoms with Crippen LogP contribution in [0.2, 0.25) is 0 Å². The van der Waals surface area contributed by atoms with Crippen molar-refractivity contribution in [2.45, 2.75) is 45.4 Å². The summed E-state index contributed by atoms with van der Waals surface area (Å²) in [5.41, 5.74) is 0. The lowest BCUT2D eigenvalue weighted by atomic mass is 10.0. The second-order valence-electron chi connectivity index (χ2n) is 2.89. The molecule has 0 bridgehead atoms. The molecule has 0 aliphatic carbocycles. The standard InChI is InChI=1S/C9H15BrO.C2H6/c1-4-5-6-8(10)9(11)7(2)3;1-2/h4,7-8H,1,5-6H2,2-3H3;1-2H3. The number of hydrogen-bond donors (Lipinski definition) is 0. The van der Waals surface area contributed by atoms with Gasteiger partial charge in [0.05, 0.1) is 4.83 Å². The summed E-state index contributed by atoms with van der Waals surface area (Å²) in [6.07, 6.45) is 3.59. The van der Waals surface area contributed by atoms with Gasteiger partial charge in [-0.05, 0) is 12.8 Å². The van der Waals surface area contributed by atoms with Gasteiger partial charge in [0.1, 0.15) is 5.78 Å². The molecule has 0 heterocycles. The van der Waals surface area contributed by atoms with E-state index in [2.05, 4.69) is 22.5 Å². The van der Waals surface area contributed by atoms with Crippen molar-refractivity contribution in [3.8, 4) is 0 Å². The number of halogens is 1. The van der Waals surface area contributed by atoms with Crippen molar-refractivity contribution in [3.63, 3.8) is 0 Å². The fourth-order valence-electron chi connectivity index (χ4n) is 0.768. The highest BCUT2D eigenvalue weighted by atomic mass is 79.9. The van der Waals surface area contributed by atoms with Crippen LogP contribution in [0, 0.1) is 5.92 Å². The average molecular weight is 249 g/mol. The smallest absolute Gasteiger partial charge is 0.148 e. The molecule has 1 nitrogen and oxygen atoms in total. The maximum Gasteiger partial charge on any atom is 0.148 e. The summed E-state index contributed by atoms with van der Waals surface area (Å²) in [4.78, 5) is 11.3. The molecule has 0 amide bonds. The molecule has 0 saturated heterocycles. The van der Waals surface area contributed by atoms with Crippen LogP contribution in [-0.4, -0.2) is 10.6 Å². The van der Waals surface area contributed by atoms with E-state index in [0.717, 1.165) is 12.8 Å². The Morgan fingerprint density at radius 1 is 1.46 bits per heavy atom. The maximum atomic E-state index is 11.3. The van der Waals surface area contributed by atoms with Crippen molar-refractivity contribution in [1.29, 1.82) is 0 Å². The Morgan fingerprint density at radius 2 is 1.92 bits per heavy atom. The van der Waals surface area contributed by atoms with Crippen molar-refractivity contribution in [2.24, 2.45) is 5.92 Å². The molecular formula is C11H21BrO. The summed E-state index contributed by atoms with van der Waals surface area (Å²) >= 11 is 3.35. The number of allylic oxidation sites excluding steroid dienone is 1. The molecule has 0 saturated carbocycles. The number of carbonyl (C=O) groups excluding carboxylic acids is 1. The van der Waals surface area contributed by atoms with Crippen LogP contribution in [-0.2, 0) is 4.79 Å². The zero-order chi connectivity index (χ0) is 10.9. The molecule has 1 atom stereocenters. The number of ketones is 1. The number of carbonyl (C=O) groups is 1. The first kappa shape index (κ1) is 15.4. The van der Waals surface area contributed by atoms with Crippen molar-refractivity contribution < 1.29 is 4.79 Å². The van der Waals surface area contributed by atoms with Crippen molar-refractivity contribution in [1.82, 2.24) is 0 Å². The minimum atomic E-state index is 0.0144. The molecule has 0 radical (unpaired) electrons. The molecule has 0 aromatic carbocycles. The van der Waals surface area contributed by atoms with Crippen LogP contribution >= 0.6 is 15.9 Å². The SMILES string of the molecule is C=CCCC(Br)C(=O)C(C)C.CC. The van der Waals surface area contributed by atoms with Gasteiger partial charge in [-0.3, -0.25) is 4.79 Å². The lowest BCUT2D eigenvalue weighted by Crippen LogP contribution is -2.19. The number of hydrogen-bond acceptors (Lipinski definition) is 1. The van der Waals surface area contributed by atoms with Crippen LogP contribution < -0.4 is 0 Å². The summed E-state index contributed by atoms with van der Waals surface area (Å²) in [5.74, 6) is 0.413. The highest BCUT2D eigenvalue weighted by Gasteiger charge is 2.16. The van der Waals surface area contributed by atoms with E-state index >= 15 is 0 Å². The van der Waals surface area contributed by atoms with E-state index in [0.29, 0.717) is 0 Å². The molecule has 0 fully saturated rings. The quantitative estimate of drug-likeness (QED) is 0.532. The van der Waals surface area contributed by atoms with Gasteiger partial charge >= 0.3 is 0 Å². The fourth-order valence-corrected chi connectivity index (χ4v) is 1.56.